The second-order valence-corrected chi connectivity index (χ2v) is 4.92. The van der Waals surface area contributed by atoms with E-state index in [4.69, 9.17) is 29.2 Å². The average Bonchev–Trinajstić information content (AvgIpc) is 2.70. The zero-order chi connectivity index (χ0) is 21.6. The van der Waals surface area contributed by atoms with E-state index in [9.17, 15) is 19.5 Å². The standard InChI is InChI=1S/C15H27NO10.C2H6/c17-3-1-4-23-6-8-25-10-11-26-9-7-24-5-2-16-14(20)12(18)13(19)15(21)22;1-2/h3,12-13,18-19H,1-2,4-11H2,(H,16,20)(H,21,22);1-2H3. The van der Waals surface area contributed by atoms with E-state index in [-0.39, 0.29) is 19.8 Å². The third-order valence-corrected chi connectivity index (χ3v) is 2.86. The highest BCUT2D eigenvalue weighted by Gasteiger charge is 2.29. The minimum Gasteiger partial charge on any atom is -0.479 e. The van der Waals surface area contributed by atoms with Gasteiger partial charge in [-0.2, -0.15) is 0 Å². The minimum absolute atomic E-state index is 0.0510. The number of amides is 1. The third-order valence-electron chi connectivity index (χ3n) is 2.86. The Balaban J connectivity index is 0. The topological polar surface area (TPSA) is 161 Å². The van der Waals surface area contributed by atoms with Crippen molar-refractivity contribution in [2.24, 2.45) is 0 Å². The van der Waals surface area contributed by atoms with Gasteiger partial charge in [0.25, 0.3) is 5.91 Å². The van der Waals surface area contributed by atoms with Crippen LogP contribution in [0.15, 0.2) is 0 Å². The number of aldehydes is 1. The first-order valence-corrected chi connectivity index (χ1v) is 9.12. The van der Waals surface area contributed by atoms with Crippen LogP contribution >= 0.6 is 0 Å². The molecule has 1 amide bonds. The number of carbonyl (C=O) groups excluding carboxylic acids is 2. The molecule has 0 rings (SSSR count). The van der Waals surface area contributed by atoms with Crippen LogP contribution in [0.4, 0.5) is 0 Å². The zero-order valence-electron chi connectivity index (χ0n) is 16.5. The lowest BCUT2D eigenvalue weighted by molar-refractivity contribution is -0.158. The lowest BCUT2D eigenvalue weighted by Gasteiger charge is -2.14. The molecule has 0 aliphatic carbocycles. The molecule has 0 bridgehead atoms. The fourth-order valence-corrected chi connectivity index (χ4v) is 1.52. The molecule has 0 aromatic heterocycles. The van der Waals surface area contributed by atoms with E-state index in [1.165, 1.54) is 0 Å². The van der Waals surface area contributed by atoms with E-state index in [0.29, 0.717) is 46.1 Å². The molecule has 0 saturated heterocycles. The molecule has 0 radical (unpaired) electrons. The quantitative estimate of drug-likeness (QED) is 0.156. The molecule has 4 N–H and O–H groups in total. The van der Waals surface area contributed by atoms with Gasteiger partial charge in [0, 0.05) is 13.0 Å². The van der Waals surface area contributed by atoms with Crippen molar-refractivity contribution >= 4 is 18.2 Å². The summed E-state index contributed by atoms with van der Waals surface area (Å²) in [6.45, 7) is 6.81. The number of carbonyl (C=O) groups is 3. The number of carboxylic acid groups (broad SMARTS) is 1. The van der Waals surface area contributed by atoms with Gasteiger partial charge in [0.15, 0.2) is 12.2 Å². The van der Waals surface area contributed by atoms with Gasteiger partial charge >= 0.3 is 5.97 Å². The number of aliphatic hydroxyl groups excluding tert-OH is 2. The molecule has 11 nitrogen and oxygen atoms in total. The summed E-state index contributed by atoms with van der Waals surface area (Å²) in [7, 11) is 0. The molecule has 0 aromatic rings. The van der Waals surface area contributed by atoms with Gasteiger partial charge in [0.05, 0.1) is 52.9 Å². The second kappa shape index (κ2) is 21.7. The predicted octanol–water partition coefficient (Wildman–Crippen LogP) is -1.41. The van der Waals surface area contributed by atoms with Gasteiger partial charge in [0.1, 0.15) is 6.29 Å². The number of aliphatic carboxylic acids is 1. The van der Waals surface area contributed by atoms with E-state index in [1.54, 1.807) is 0 Å². The normalized spacial score (nSPS) is 12.4. The molecule has 11 heteroatoms. The molecule has 0 heterocycles. The number of carboxylic acids is 1. The van der Waals surface area contributed by atoms with Crippen molar-refractivity contribution in [2.75, 3.05) is 59.4 Å². The van der Waals surface area contributed by atoms with Gasteiger partial charge in [-0.1, -0.05) is 13.8 Å². The smallest absolute Gasteiger partial charge is 0.335 e. The largest absolute Gasteiger partial charge is 0.479 e. The van der Waals surface area contributed by atoms with Crippen molar-refractivity contribution in [3.8, 4) is 0 Å². The SMILES string of the molecule is CC.O=CCCOCCOCCOCCOCCNC(=O)C(O)C(O)C(=O)O. The molecule has 2 atom stereocenters. The second-order valence-electron chi connectivity index (χ2n) is 4.92. The summed E-state index contributed by atoms with van der Waals surface area (Å²) in [5.74, 6) is -2.68. The fourth-order valence-electron chi connectivity index (χ4n) is 1.52. The van der Waals surface area contributed by atoms with Crippen molar-refractivity contribution in [3.63, 3.8) is 0 Å². The van der Waals surface area contributed by atoms with Gasteiger partial charge in [-0.15, -0.1) is 0 Å². The van der Waals surface area contributed by atoms with Crippen LogP contribution in [0.5, 0.6) is 0 Å². The van der Waals surface area contributed by atoms with E-state index in [1.807, 2.05) is 13.8 Å². The average molecular weight is 411 g/mol. The van der Waals surface area contributed by atoms with Crippen LogP contribution in [0.3, 0.4) is 0 Å². The lowest BCUT2D eigenvalue weighted by Crippen LogP contribution is -2.46. The molecule has 0 aromatic carbocycles. The summed E-state index contributed by atoms with van der Waals surface area (Å²) >= 11 is 0. The Hall–Kier alpha value is -1.63. The van der Waals surface area contributed by atoms with Crippen LogP contribution in [0.1, 0.15) is 20.3 Å². The molecule has 0 fully saturated rings. The number of hydrogen-bond donors (Lipinski definition) is 4. The van der Waals surface area contributed by atoms with Gasteiger partial charge in [-0.25, -0.2) is 4.79 Å². The molecular weight excluding hydrogens is 378 g/mol. The number of ether oxygens (including phenoxy) is 4. The Morgan fingerprint density at radius 3 is 1.68 bits per heavy atom. The van der Waals surface area contributed by atoms with Crippen LogP contribution in [0.25, 0.3) is 0 Å². The number of nitrogens with one attached hydrogen (secondary N) is 1. The lowest BCUT2D eigenvalue weighted by atomic mass is 10.2. The van der Waals surface area contributed by atoms with Crippen LogP contribution in [0, 0.1) is 0 Å². The maximum atomic E-state index is 11.3. The molecular formula is C17H33NO10. The summed E-state index contributed by atoms with van der Waals surface area (Å²) in [4.78, 5) is 31.8. The third kappa shape index (κ3) is 17.8. The van der Waals surface area contributed by atoms with E-state index in [2.05, 4.69) is 5.32 Å². The molecule has 0 saturated carbocycles. The number of hydrogen-bond acceptors (Lipinski definition) is 9. The van der Waals surface area contributed by atoms with Crippen molar-refractivity contribution in [3.05, 3.63) is 0 Å². The maximum absolute atomic E-state index is 11.3. The van der Waals surface area contributed by atoms with Crippen molar-refractivity contribution in [1.29, 1.82) is 0 Å². The Morgan fingerprint density at radius 2 is 1.25 bits per heavy atom. The highest BCUT2D eigenvalue weighted by atomic mass is 16.6. The number of rotatable bonds is 18. The van der Waals surface area contributed by atoms with Crippen LogP contribution < -0.4 is 5.32 Å². The van der Waals surface area contributed by atoms with Gasteiger partial charge in [-0.05, 0) is 0 Å². The van der Waals surface area contributed by atoms with Crippen LogP contribution in [0.2, 0.25) is 0 Å². The molecule has 166 valence electrons. The van der Waals surface area contributed by atoms with E-state index < -0.39 is 24.1 Å². The van der Waals surface area contributed by atoms with E-state index >= 15 is 0 Å². The molecule has 28 heavy (non-hydrogen) atoms. The van der Waals surface area contributed by atoms with E-state index in [0.717, 1.165) is 6.29 Å². The summed E-state index contributed by atoms with van der Waals surface area (Å²) in [6.07, 6.45) is -3.05. The Labute approximate surface area is 164 Å². The Morgan fingerprint density at radius 1 is 0.821 bits per heavy atom. The fraction of sp³-hybridized carbons (Fsp3) is 0.824. The predicted molar refractivity (Wildman–Crippen MR) is 98.0 cm³/mol. The zero-order valence-corrected chi connectivity index (χ0v) is 16.5. The molecule has 0 spiro atoms. The van der Waals surface area contributed by atoms with Crippen molar-refractivity contribution in [2.45, 2.75) is 32.5 Å². The molecule has 2 unspecified atom stereocenters. The summed E-state index contributed by atoms with van der Waals surface area (Å²) in [5.41, 5.74) is 0. The van der Waals surface area contributed by atoms with Crippen LogP contribution in [-0.2, 0) is 33.3 Å². The molecule has 0 aliphatic rings. The monoisotopic (exact) mass is 411 g/mol. The van der Waals surface area contributed by atoms with Crippen molar-refractivity contribution < 1.29 is 48.7 Å². The summed E-state index contributed by atoms with van der Waals surface area (Å²) in [5, 5.41) is 28.9. The molecule has 0 aliphatic heterocycles. The highest BCUT2D eigenvalue weighted by molar-refractivity contribution is 5.87. The van der Waals surface area contributed by atoms with Gasteiger partial charge in [0.2, 0.25) is 0 Å². The van der Waals surface area contributed by atoms with Crippen molar-refractivity contribution in [1.82, 2.24) is 5.32 Å². The highest BCUT2D eigenvalue weighted by Crippen LogP contribution is 1.93. The Kier molecular flexibility index (Phi) is 22.1. The van der Waals surface area contributed by atoms with Crippen LogP contribution in [-0.4, -0.2) is 105 Å². The first-order valence-electron chi connectivity index (χ1n) is 9.12. The van der Waals surface area contributed by atoms with Gasteiger partial charge in [-0.3, -0.25) is 4.79 Å². The number of aliphatic hydroxyl groups is 2. The maximum Gasteiger partial charge on any atom is 0.335 e. The summed E-state index contributed by atoms with van der Waals surface area (Å²) in [6, 6.07) is 0. The first-order chi connectivity index (χ1) is 13.5. The minimum atomic E-state index is -2.17. The Bertz CT molecular complexity index is 394. The first kappa shape index (κ1) is 28.6. The van der Waals surface area contributed by atoms with Gasteiger partial charge < -0.3 is 44.4 Å². The summed E-state index contributed by atoms with van der Waals surface area (Å²) < 4.78 is 20.7.